The van der Waals surface area contributed by atoms with Gasteiger partial charge < -0.3 is 10.1 Å². The fourth-order valence-corrected chi connectivity index (χ4v) is 2.53. The molecule has 2 aromatic carbocycles. The summed E-state index contributed by atoms with van der Waals surface area (Å²) < 4.78 is 4.86. The van der Waals surface area contributed by atoms with E-state index in [1.807, 2.05) is 30.3 Å². The van der Waals surface area contributed by atoms with Gasteiger partial charge in [-0.3, -0.25) is 0 Å². The Bertz CT molecular complexity index is 634. The Hall–Kier alpha value is -2.29. The predicted octanol–water partition coefficient (Wildman–Crippen LogP) is 2.99. The predicted molar refractivity (Wildman–Crippen MR) is 74.4 cm³/mol. The van der Waals surface area contributed by atoms with Crippen LogP contribution in [-0.4, -0.2) is 13.1 Å². The number of methoxy groups -OCH3 is 1. The SMILES string of the molecule is COC(=O)c1cccc2c1Cc1ccccc1CN2. The van der Waals surface area contributed by atoms with E-state index in [9.17, 15) is 4.79 Å². The van der Waals surface area contributed by atoms with Crippen molar-refractivity contribution in [3.8, 4) is 0 Å². The summed E-state index contributed by atoms with van der Waals surface area (Å²) >= 11 is 0. The van der Waals surface area contributed by atoms with E-state index in [0.717, 1.165) is 24.2 Å². The average molecular weight is 253 g/mol. The second-order valence-corrected chi connectivity index (χ2v) is 4.62. The van der Waals surface area contributed by atoms with Crippen LogP contribution in [0, 0.1) is 0 Å². The molecule has 2 aromatic rings. The molecule has 3 heteroatoms. The van der Waals surface area contributed by atoms with Gasteiger partial charge in [0.15, 0.2) is 0 Å². The third-order valence-electron chi connectivity index (χ3n) is 3.54. The first kappa shape index (κ1) is 11.8. The molecule has 3 nitrogen and oxygen atoms in total. The number of hydrogen-bond acceptors (Lipinski definition) is 3. The van der Waals surface area contributed by atoms with Crippen LogP contribution < -0.4 is 5.32 Å². The normalized spacial score (nSPS) is 12.7. The minimum Gasteiger partial charge on any atom is -0.465 e. The molecule has 0 saturated carbocycles. The highest BCUT2D eigenvalue weighted by atomic mass is 16.5. The largest absolute Gasteiger partial charge is 0.465 e. The fourth-order valence-electron chi connectivity index (χ4n) is 2.53. The van der Waals surface area contributed by atoms with Crippen molar-refractivity contribution in [3.63, 3.8) is 0 Å². The molecule has 0 fully saturated rings. The van der Waals surface area contributed by atoms with Crippen molar-refractivity contribution in [1.29, 1.82) is 0 Å². The van der Waals surface area contributed by atoms with Gasteiger partial charge in [-0.25, -0.2) is 4.79 Å². The maximum absolute atomic E-state index is 11.9. The second kappa shape index (κ2) is 4.76. The van der Waals surface area contributed by atoms with Crippen molar-refractivity contribution < 1.29 is 9.53 Å². The molecule has 1 heterocycles. The zero-order valence-corrected chi connectivity index (χ0v) is 10.8. The smallest absolute Gasteiger partial charge is 0.338 e. The van der Waals surface area contributed by atoms with Gasteiger partial charge in [0.2, 0.25) is 0 Å². The van der Waals surface area contributed by atoms with E-state index in [-0.39, 0.29) is 5.97 Å². The highest BCUT2D eigenvalue weighted by Crippen LogP contribution is 2.29. The molecule has 1 aliphatic heterocycles. The van der Waals surface area contributed by atoms with Crippen molar-refractivity contribution in [3.05, 3.63) is 64.7 Å². The Balaban J connectivity index is 2.12. The van der Waals surface area contributed by atoms with Crippen LogP contribution in [0.3, 0.4) is 0 Å². The highest BCUT2D eigenvalue weighted by molar-refractivity contribution is 5.93. The van der Waals surface area contributed by atoms with E-state index in [4.69, 9.17) is 4.74 Å². The summed E-state index contributed by atoms with van der Waals surface area (Å²) in [6.45, 7) is 0.786. The Morgan fingerprint density at radius 3 is 2.68 bits per heavy atom. The van der Waals surface area contributed by atoms with Crippen LogP contribution in [0.5, 0.6) is 0 Å². The lowest BCUT2D eigenvalue weighted by Gasteiger charge is -2.11. The number of carbonyl (C=O) groups is 1. The van der Waals surface area contributed by atoms with E-state index in [2.05, 4.69) is 17.4 Å². The lowest BCUT2D eigenvalue weighted by molar-refractivity contribution is 0.0599. The maximum atomic E-state index is 11.9. The van der Waals surface area contributed by atoms with Crippen LogP contribution in [0.25, 0.3) is 0 Å². The van der Waals surface area contributed by atoms with E-state index in [1.54, 1.807) is 0 Å². The third kappa shape index (κ3) is 2.08. The van der Waals surface area contributed by atoms with E-state index in [0.29, 0.717) is 5.56 Å². The van der Waals surface area contributed by atoms with Gasteiger partial charge in [0.05, 0.1) is 12.7 Å². The number of nitrogens with one attached hydrogen (secondary N) is 1. The summed E-state index contributed by atoms with van der Waals surface area (Å²) in [4.78, 5) is 11.9. The molecule has 0 spiro atoms. The monoisotopic (exact) mass is 253 g/mol. The second-order valence-electron chi connectivity index (χ2n) is 4.62. The first-order valence-electron chi connectivity index (χ1n) is 6.30. The molecule has 0 amide bonds. The summed E-state index contributed by atoms with van der Waals surface area (Å²) in [6, 6.07) is 14.0. The molecule has 0 saturated heterocycles. The number of benzene rings is 2. The Kier molecular flexibility index (Phi) is 2.95. The number of fused-ring (bicyclic) bond motifs is 2. The van der Waals surface area contributed by atoms with Crippen molar-refractivity contribution in [2.45, 2.75) is 13.0 Å². The Morgan fingerprint density at radius 2 is 1.89 bits per heavy atom. The molecule has 0 radical (unpaired) electrons. The molecule has 1 aliphatic rings. The van der Waals surface area contributed by atoms with Crippen LogP contribution in [0.15, 0.2) is 42.5 Å². The summed E-state index contributed by atoms with van der Waals surface area (Å²) in [7, 11) is 1.42. The van der Waals surface area contributed by atoms with Gasteiger partial charge in [-0.05, 0) is 28.8 Å². The number of hydrogen-bond donors (Lipinski definition) is 1. The zero-order chi connectivity index (χ0) is 13.2. The summed E-state index contributed by atoms with van der Waals surface area (Å²) in [6.07, 6.45) is 0.754. The standard InChI is InChI=1S/C16H15NO2/c1-19-16(18)13-7-4-8-15-14(13)9-11-5-2-3-6-12(11)10-17-15/h2-8,17H,9-10H2,1H3. The molecule has 1 N–H and O–H groups in total. The van der Waals surface area contributed by atoms with Crippen molar-refractivity contribution in [1.82, 2.24) is 0 Å². The van der Waals surface area contributed by atoms with Gasteiger partial charge in [0.25, 0.3) is 0 Å². The number of carbonyl (C=O) groups excluding carboxylic acids is 1. The van der Waals surface area contributed by atoms with Gasteiger partial charge in [-0.1, -0.05) is 30.3 Å². The van der Waals surface area contributed by atoms with E-state index >= 15 is 0 Å². The van der Waals surface area contributed by atoms with Crippen LogP contribution in [0.4, 0.5) is 5.69 Å². The Morgan fingerprint density at radius 1 is 1.11 bits per heavy atom. The minimum atomic E-state index is -0.280. The molecule has 0 atom stereocenters. The number of ether oxygens (including phenoxy) is 1. The molecule has 0 aliphatic carbocycles. The van der Waals surface area contributed by atoms with Crippen LogP contribution >= 0.6 is 0 Å². The highest BCUT2D eigenvalue weighted by Gasteiger charge is 2.19. The molecule has 96 valence electrons. The number of esters is 1. The van der Waals surface area contributed by atoms with Gasteiger partial charge in [0, 0.05) is 18.7 Å². The minimum absolute atomic E-state index is 0.280. The van der Waals surface area contributed by atoms with E-state index in [1.165, 1.54) is 18.2 Å². The van der Waals surface area contributed by atoms with Gasteiger partial charge in [0.1, 0.15) is 0 Å². The van der Waals surface area contributed by atoms with Gasteiger partial charge >= 0.3 is 5.97 Å². The van der Waals surface area contributed by atoms with Crippen molar-refractivity contribution >= 4 is 11.7 Å². The zero-order valence-electron chi connectivity index (χ0n) is 10.8. The Labute approximate surface area is 112 Å². The first-order valence-corrected chi connectivity index (χ1v) is 6.30. The number of anilines is 1. The molecular weight excluding hydrogens is 238 g/mol. The quantitative estimate of drug-likeness (QED) is 0.794. The summed E-state index contributed by atoms with van der Waals surface area (Å²) in [5, 5.41) is 3.39. The third-order valence-corrected chi connectivity index (χ3v) is 3.54. The maximum Gasteiger partial charge on any atom is 0.338 e. The molecule has 0 unspecified atom stereocenters. The fraction of sp³-hybridized carbons (Fsp3) is 0.188. The van der Waals surface area contributed by atoms with Gasteiger partial charge in [-0.2, -0.15) is 0 Å². The first-order chi connectivity index (χ1) is 9.29. The van der Waals surface area contributed by atoms with Crippen molar-refractivity contribution in [2.24, 2.45) is 0 Å². The molecule has 3 rings (SSSR count). The van der Waals surface area contributed by atoms with E-state index < -0.39 is 0 Å². The van der Waals surface area contributed by atoms with Gasteiger partial charge in [-0.15, -0.1) is 0 Å². The topological polar surface area (TPSA) is 38.3 Å². The molecule has 0 aromatic heterocycles. The van der Waals surface area contributed by atoms with Crippen LogP contribution in [0.2, 0.25) is 0 Å². The molecular formula is C16H15NO2. The molecule has 0 bridgehead atoms. The lowest BCUT2D eigenvalue weighted by atomic mass is 9.97. The van der Waals surface area contributed by atoms with Crippen LogP contribution in [0.1, 0.15) is 27.0 Å². The summed E-state index contributed by atoms with van der Waals surface area (Å²) in [5.41, 5.74) is 5.20. The average Bonchev–Trinajstić information content (AvgIpc) is 2.65. The molecule has 19 heavy (non-hydrogen) atoms. The van der Waals surface area contributed by atoms with Crippen LogP contribution in [-0.2, 0) is 17.7 Å². The summed E-state index contributed by atoms with van der Waals surface area (Å²) in [5.74, 6) is -0.280. The number of rotatable bonds is 1. The van der Waals surface area contributed by atoms with Crippen molar-refractivity contribution in [2.75, 3.05) is 12.4 Å². The lowest BCUT2D eigenvalue weighted by Crippen LogP contribution is -2.07.